The molecule has 0 unspecified atom stereocenters. The Bertz CT molecular complexity index is 1430. The summed E-state index contributed by atoms with van der Waals surface area (Å²) < 4.78 is 25.2. The van der Waals surface area contributed by atoms with Crippen LogP contribution < -0.4 is 11.1 Å². The Kier molecular flexibility index (Phi) is 6.53. The Hall–Kier alpha value is -3.49. The smallest absolute Gasteiger partial charge is 0.250 e. The number of nitrogens with zero attached hydrogens (tertiary/aromatic N) is 1. The fourth-order valence-electron chi connectivity index (χ4n) is 4.64. The fourth-order valence-corrected chi connectivity index (χ4v) is 5.41. The quantitative estimate of drug-likeness (QED) is 0.599. The van der Waals surface area contributed by atoms with Gasteiger partial charge in [0.15, 0.2) is 0 Å². The second kappa shape index (κ2) is 9.28. The second-order valence-electron chi connectivity index (χ2n) is 9.08. The lowest BCUT2D eigenvalue weighted by Gasteiger charge is -2.24. The Labute approximate surface area is 206 Å². The molecule has 1 aliphatic heterocycles. The molecule has 0 aromatic heterocycles. The first-order valence-electron chi connectivity index (χ1n) is 11.3. The summed E-state index contributed by atoms with van der Waals surface area (Å²) in [5.74, 6) is -0.725. The minimum absolute atomic E-state index is 0.242. The third-order valence-corrected chi connectivity index (χ3v) is 7.89. The monoisotopic (exact) mass is 491 g/mol. The normalized spacial score (nSPS) is 15.7. The third-order valence-electron chi connectivity index (χ3n) is 6.62. The molecule has 1 aliphatic carbocycles. The van der Waals surface area contributed by atoms with Crippen molar-refractivity contribution in [3.63, 3.8) is 0 Å². The lowest BCUT2D eigenvalue weighted by molar-refractivity contribution is -0.112. The van der Waals surface area contributed by atoms with E-state index in [-0.39, 0.29) is 5.91 Å². The van der Waals surface area contributed by atoms with Gasteiger partial charge in [-0.25, -0.2) is 8.42 Å². The molecule has 2 aromatic rings. The average Bonchev–Trinajstić information content (AvgIpc) is 3.24. The maximum absolute atomic E-state index is 12.2. The van der Waals surface area contributed by atoms with Gasteiger partial charge in [0.25, 0.3) is 5.91 Å². The number of amides is 2. The molecule has 1 heterocycles. The lowest BCUT2D eigenvalue weighted by atomic mass is 9.90. The number of sulfonamides is 1. The Balaban J connectivity index is 1.77. The number of fused-ring (bicyclic) bond motifs is 1. The van der Waals surface area contributed by atoms with Crippen molar-refractivity contribution in [3.8, 4) is 11.1 Å². The van der Waals surface area contributed by atoms with Crippen LogP contribution in [0.1, 0.15) is 40.4 Å². The topological polar surface area (TPSA) is 110 Å². The van der Waals surface area contributed by atoms with Gasteiger partial charge >= 0.3 is 0 Å². The summed E-state index contributed by atoms with van der Waals surface area (Å²) in [4.78, 5) is 24.4. The van der Waals surface area contributed by atoms with Gasteiger partial charge < -0.3 is 11.1 Å². The number of nitrogens with two attached hydrogens (primary N) is 1. The van der Waals surface area contributed by atoms with Gasteiger partial charge in [0, 0.05) is 29.9 Å². The van der Waals surface area contributed by atoms with E-state index in [1.807, 2.05) is 37.3 Å². The third kappa shape index (κ3) is 4.85. The summed E-state index contributed by atoms with van der Waals surface area (Å²) in [6.45, 7) is 8.07. The summed E-state index contributed by atoms with van der Waals surface area (Å²) in [5.41, 5.74) is 14.0. The van der Waals surface area contributed by atoms with Crippen molar-refractivity contribution in [3.05, 3.63) is 82.0 Å². The van der Waals surface area contributed by atoms with E-state index in [1.165, 1.54) is 10.6 Å². The number of benzene rings is 2. The van der Waals surface area contributed by atoms with Gasteiger partial charge in [0.1, 0.15) is 0 Å². The van der Waals surface area contributed by atoms with Gasteiger partial charge in [-0.3, -0.25) is 9.59 Å². The van der Waals surface area contributed by atoms with Crippen LogP contribution >= 0.6 is 0 Å². The summed E-state index contributed by atoms with van der Waals surface area (Å²) in [6, 6.07) is 9.37. The number of hydrogen-bond donors (Lipinski definition) is 2. The molecule has 7 nitrogen and oxygen atoms in total. The minimum atomic E-state index is -3.24. The van der Waals surface area contributed by atoms with Crippen LogP contribution in [0.2, 0.25) is 0 Å². The van der Waals surface area contributed by atoms with E-state index in [1.54, 1.807) is 13.0 Å². The predicted molar refractivity (Wildman–Crippen MR) is 139 cm³/mol. The highest BCUT2D eigenvalue weighted by molar-refractivity contribution is 7.88. The molecule has 3 N–H and O–H groups in total. The number of allylic oxidation sites excluding steroid dienone is 1. The Morgan fingerprint density at radius 2 is 1.86 bits per heavy atom. The van der Waals surface area contributed by atoms with Crippen LogP contribution in [0.3, 0.4) is 0 Å². The molecule has 35 heavy (non-hydrogen) atoms. The fraction of sp³-hybridized carbons (Fsp3) is 0.259. The van der Waals surface area contributed by atoms with E-state index in [0.717, 1.165) is 39.0 Å². The number of nitrogens with one attached hydrogen (secondary N) is 1. The van der Waals surface area contributed by atoms with E-state index in [0.29, 0.717) is 42.8 Å². The van der Waals surface area contributed by atoms with E-state index >= 15 is 0 Å². The number of hydrogen-bond acceptors (Lipinski definition) is 4. The average molecular weight is 492 g/mol. The van der Waals surface area contributed by atoms with Crippen LogP contribution in [0, 0.1) is 6.92 Å². The van der Waals surface area contributed by atoms with Crippen LogP contribution in [0.4, 0.5) is 5.69 Å². The highest BCUT2D eigenvalue weighted by Crippen LogP contribution is 2.41. The molecule has 182 valence electrons. The molecule has 0 fully saturated rings. The molecular formula is C27H29N3O4S. The van der Waals surface area contributed by atoms with Gasteiger partial charge in [-0.05, 0) is 77.8 Å². The van der Waals surface area contributed by atoms with Crippen LogP contribution in [0.25, 0.3) is 17.2 Å². The van der Waals surface area contributed by atoms with E-state index in [4.69, 9.17) is 5.73 Å². The number of anilines is 1. The Morgan fingerprint density at radius 1 is 1.11 bits per heavy atom. The maximum atomic E-state index is 12.2. The molecule has 8 heteroatoms. The van der Waals surface area contributed by atoms with Crippen molar-refractivity contribution >= 4 is 33.6 Å². The molecular weight excluding hydrogens is 462 g/mol. The first-order chi connectivity index (χ1) is 16.5. The van der Waals surface area contributed by atoms with Crippen molar-refractivity contribution < 1.29 is 18.0 Å². The molecule has 0 saturated heterocycles. The molecule has 0 bridgehead atoms. The molecule has 0 saturated carbocycles. The zero-order valence-corrected chi connectivity index (χ0v) is 21.0. The maximum Gasteiger partial charge on any atom is 0.250 e. The van der Waals surface area contributed by atoms with Gasteiger partial charge in [-0.1, -0.05) is 36.9 Å². The van der Waals surface area contributed by atoms with E-state index in [2.05, 4.69) is 18.0 Å². The Morgan fingerprint density at radius 3 is 2.46 bits per heavy atom. The van der Waals surface area contributed by atoms with Crippen molar-refractivity contribution in [2.24, 2.45) is 5.73 Å². The summed E-state index contributed by atoms with van der Waals surface area (Å²) in [6.07, 6.45) is 6.41. The molecule has 4 rings (SSSR count). The first kappa shape index (κ1) is 24.6. The van der Waals surface area contributed by atoms with Crippen molar-refractivity contribution in [1.29, 1.82) is 0 Å². The highest BCUT2D eigenvalue weighted by atomic mass is 32.2. The standard InChI is InChI=1S/C27H29N3O4S/c1-16(2)27(32)29-25-7-5-6-20(17(25)3)21-8-9-22(26(28)31)24-15-19(14-23(21)24)18-10-12-30(13-11-18)35(4,33)34/h5-10,14H,1,11-13,15H2,2-4H3,(H2,28,31)(H,29,32). The summed E-state index contributed by atoms with van der Waals surface area (Å²) in [5, 5.41) is 2.90. The van der Waals surface area contributed by atoms with Gasteiger partial charge in [-0.2, -0.15) is 4.31 Å². The number of rotatable bonds is 6. The first-order valence-corrected chi connectivity index (χ1v) is 13.2. The SMILES string of the molecule is C=C(C)C(=O)Nc1cccc(-c2ccc(C(N)=O)c3c2C=C(C2=CCN(S(C)(=O)=O)CC2)C3)c1C. The molecule has 2 amide bonds. The van der Waals surface area contributed by atoms with E-state index < -0.39 is 15.9 Å². The van der Waals surface area contributed by atoms with Crippen molar-refractivity contribution in [1.82, 2.24) is 4.31 Å². The van der Waals surface area contributed by atoms with Gasteiger partial charge in [-0.15, -0.1) is 0 Å². The molecule has 2 aromatic carbocycles. The summed E-state index contributed by atoms with van der Waals surface area (Å²) >= 11 is 0. The van der Waals surface area contributed by atoms with Crippen molar-refractivity contribution in [2.75, 3.05) is 24.7 Å². The highest BCUT2D eigenvalue weighted by Gasteiger charge is 2.27. The van der Waals surface area contributed by atoms with Gasteiger partial charge in [0.05, 0.1) is 6.26 Å². The number of carbonyl (C=O) groups is 2. The van der Waals surface area contributed by atoms with Crippen LogP contribution in [-0.4, -0.2) is 43.9 Å². The molecule has 0 spiro atoms. The lowest BCUT2D eigenvalue weighted by Crippen LogP contribution is -2.34. The largest absolute Gasteiger partial charge is 0.366 e. The summed E-state index contributed by atoms with van der Waals surface area (Å²) in [7, 11) is -3.24. The minimum Gasteiger partial charge on any atom is -0.366 e. The second-order valence-corrected chi connectivity index (χ2v) is 11.1. The van der Waals surface area contributed by atoms with Crippen LogP contribution in [-0.2, 0) is 21.2 Å². The van der Waals surface area contributed by atoms with Crippen molar-refractivity contribution in [2.45, 2.75) is 26.7 Å². The zero-order valence-electron chi connectivity index (χ0n) is 20.1. The van der Waals surface area contributed by atoms with Crippen LogP contribution in [0.5, 0.6) is 0 Å². The molecule has 0 atom stereocenters. The zero-order chi connectivity index (χ0) is 25.5. The van der Waals surface area contributed by atoms with Crippen LogP contribution in [0.15, 0.2) is 59.7 Å². The number of primary amides is 1. The molecule has 2 aliphatic rings. The van der Waals surface area contributed by atoms with Gasteiger partial charge in [0.2, 0.25) is 15.9 Å². The predicted octanol–water partition coefficient (Wildman–Crippen LogP) is 3.81. The van der Waals surface area contributed by atoms with E-state index in [9.17, 15) is 18.0 Å². The number of carbonyl (C=O) groups excluding carboxylic acids is 2. The molecule has 0 radical (unpaired) electrons.